The minimum Gasteiger partial charge on any atom is -0.481 e. The zero-order chi connectivity index (χ0) is 12.8. The molecule has 6 heteroatoms. The highest BCUT2D eigenvalue weighted by atomic mass is 16.4. The topological polar surface area (TPSA) is 92.2 Å². The first-order chi connectivity index (χ1) is 8.00. The summed E-state index contributed by atoms with van der Waals surface area (Å²) in [5.41, 5.74) is 0.371. The molecule has 0 spiro atoms. The van der Waals surface area contributed by atoms with Gasteiger partial charge in [0.15, 0.2) is 0 Å². The summed E-state index contributed by atoms with van der Waals surface area (Å²) < 4.78 is 0. The summed E-state index contributed by atoms with van der Waals surface area (Å²) in [6.07, 6.45) is 2.66. The van der Waals surface area contributed by atoms with Crippen molar-refractivity contribution in [3.63, 3.8) is 0 Å². The zero-order valence-electron chi connectivity index (χ0n) is 9.75. The molecular weight excluding hydrogens is 222 g/mol. The second-order valence-electron chi connectivity index (χ2n) is 4.05. The van der Waals surface area contributed by atoms with E-state index >= 15 is 0 Å². The molecule has 0 aliphatic carbocycles. The number of amides is 1. The molecule has 1 aromatic heterocycles. The number of hydrogen-bond donors (Lipinski definition) is 2. The molecule has 1 amide bonds. The number of hydrogen-bond acceptors (Lipinski definition) is 4. The largest absolute Gasteiger partial charge is 0.481 e. The Bertz CT molecular complexity index is 392. The van der Waals surface area contributed by atoms with E-state index in [2.05, 4.69) is 15.5 Å². The van der Waals surface area contributed by atoms with E-state index in [4.69, 9.17) is 5.11 Å². The maximum absolute atomic E-state index is 11.8. The van der Waals surface area contributed by atoms with Crippen molar-refractivity contribution in [3.8, 4) is 0 Å². The fraction of sp³-hybridized carbons (Fsp3) is 0.455. The van der Waals surface area contributed by atoms with E-state index in [1.807, 2.05) is 13.8 Å². The van der Waals surface area contributed by atoms with E-state index in [0.29, 0.717) is 5.56 Å². The fourth-order valence-corrected chi connectivity index (χ4v) is 1.32. The fourth-order valence-electron chi connectivity index (χ4n) is 1.32. The Balaban J connectivity index is 2.68. The molecule has 92 valence electrons. The van der Waals surface area contributed by atoms with Crippen LogP contribution in [0.2, 0.25) is 0 Å². The smallest absolute Gasteiger partial charge is 0.305 e. The highest BCUT2D eigenvalue weighted by Gasteiger charge is 2.20. The summed E-state index contributed by atoms with van der Waals surface area (Å²) in [7, 11) is 0. The first-order valence-corrected chi connectivity index (χ1v) is 5.30. The molecule has 0 bridgehead atoms. The second kappa shape index (κ2) is 5.93. The summed E-state index contributed by atoms with van der Waals surface area (Å²) in [5, 5.41) is 18.6. The Morgan fingerprint density at radius 1 is 1.41 bits per heavy atom. The van der Waals surface area contributed by atoms with Gasteiger partial charge in [-0.1, -0.05) is 13.8 Å². The molecule has 1 aromatic rings. The Morgan fingerprint density at radius 2 is 2.12 bits per heavy atom. The maximum Gasteiger partial charge on any atom is 0.305 e. The molecule has 0 aliphatic heterocycles. The van der Waals surface area contributed by atoms with Crippen molar-refractivity contribution in [2.75, 3.05) is 0 Å². The summed E-state index contributed by atoms with van der Waals surface area (Å²) in [6, 6.07) is 1.13. The van der Waals surface area contributed by atoms with Crippen LogP contribution < -0.4 is 5.32 Å². The first-order valence-electron chi connectivity index (χ1n) is 5.30. The number of rotatable bonds is 5. The van der Waals surface area contributed by atoms with E-state index < -0.39 is 12.0 Å². The van der Waals surface area contributed by atoms with Gasteiger partial charge in [-0.05, 0) is 12.0 Å². The molecule has 0 radical (unpaired) electrons. The van der Waals surface area contributed by atoms with Gasteiger partial charge in [0.25, 0.3) is 5.91 Å². The van der Waals surface area contributed by atoms with Crippen molar-refractivity contribution in [2.24, 2.45) is 5.92 Å². The lowest BCUT2D eigenvalue weighted by Gasteiger charge is -2.20. The van der Waals surface area contributed by atoms with Crippen molar-refractivity contribution in [1.29, 1.82) is 0 Å². The Morgan fingerprint density at radius 3 is 2.59 bits per heavy atom. The quantitative estimate of drug-likeness (QED) is 0.786. The third-order valence-electron chi connectivity index (χ3n) is 2.36. The van der Waals surface area contributed by atoms with Gasteiger partial charge in [0, 0.05) is 6.04 Å². The molecule has 17 heavy (non-hydrogen) atoms. The maximum atomic E-state index is 11.8. The molecule has 0 saturated heterocycles. The number of nitrogens with one attached hydrogen (secondary N) is 1. The molecule has 6 nitrogen and oxygen atoms in total. The molecule has 1 heterocycles. The van der Waals surface area contributed by atoms with Crippen molar-refractivity contribution < 1.29 is 14.7 Å². The van der Waals surface area contributed by atoms with Gasteiger partial charge in [-0.25, -0.2) is 0 Å². The third kappa shape index (κ3) is 4.18. The van der Waals surface area contributed by atoms with Crippen LogP contribution in [0.5, 0.6) is 0 Å². The van der Waals surface area contributed by atoms with Crippen LogP contribution in [0, 0.1) is 5.92 Å². The van der Waals surface area contributed by atoms with Gasteiger partial charge in [-0.3, -0.25) is 9.59 Å². The van der Waals surface area contributed by atoms with E-state index in [9.17, 15) is 9.59 Å². The summed E-state index contributed by atoms with van der Waals surface area (Å²) in [5.74, 6) is -1.22. The lowest BCUT2D eigenvalue weighted by atomic mass is 10.0. The van der Waals surface area contributed by atoms with Gasteiger partial charge < -0.3 is 10.4 Å². The highest BCUT2D eigenvalue weighted by Crippen LogP contribution is 2.07. The van der Waals surface area contributed by atoms with E-state index in [1.54, 1.807) is 0 Å². The van der Waals surface area contributed by atoms with Crippen molar-refractivity contribution in [1.82, 2.24) is 15.5 Å². The van der Waals surface area contributed by atoms with Crippen LogP contribution in [-0.2, 0) is 4.79 Å². The van der Waals surface area contributed by atoms with Crippen LogP contribution in [0.15, 0.2) is 18.5 Å². The zero-order valence-corrected chi connectivity index (χ0v) is 9.75. The minimum absolute atomic E-state index is 0.0462. The Labute approximate surface area is 99.1 Å². The highest BCUT2D eigenvalue weighted by molar-refractivity contribution is 5.94. The second-order valence-corrected chi connectivity index (χ2v) is 4.05. The number of carbonyl (C=O) groups is 2. The number of carboxylic acids is 1. The van der Waals surface area contributed by atoms with Crippen LogP contribution in [0.25, 0.3) is 0 Å². The molecule has 0 fully saturated rings. The first kappa shape index (κ1) is 13.1. The molecule has 1 atom stereocenters. The van der Waals surface area contributed by atoms with Crippen molar-refractivity contribution in [3.05, 3.63) is 24.0 Å². The SMILES string of the molecule is CC(C)C(CC(=O)O)NC(=O)c1ccnnc1. The third-order valence-corrected chi connectivity index (χ3v) is 2.36. The summed E-state index contributed by atoms with van der Waals surface area (Å²) in [6.45, 7) is 3.72. The Kier molecular flexibility index (Phi) is 4.56. The van der Waals surface area contributed by atoms with Gasteiger partial charge in [-0.2, -0.15) is 10.2 Å². The molecule has 2 N–H and O–H groups in total. The lowest BCUT2D eigenvalue weighted by molar-refractivity contribution is -0.137. The number of carboxylic acid groups (broad SMARTS) is 1. The monoisotopic (exact) mass is 237 g/mol. The molecule has 1 unspecified atom stereocenters. The summed E-state index contributed by atoms with van der Waals surface area (Å²) >= 11 is 0. The average molecular weight is 237 g/mol. The lowest BCUT2D eigenvalue weighted by Crippen LogP contribution is -2.40. The standard InChI is InChI=1S/C11H15N3O3/c1-7(2)9(5-10(15)16)14-11(17)8-3-4-12-13-6-8/h3-4,6-7,9H,5H2,1-2H3,(H,14,17)(H,15,16). The minimum atomic E-state index is -0.933. The van der Waals surface area contributed by atoms with Gasteiger partial charge in [-0.15, -0.1) is 0 Å². The number of aliphatic carboxylic acids is 1. The molecule has 0 saturated carbocycles. The van der Waals surface area contributed by atoms with Gasteiger partial charge >= 0.3 is 5.97 Å². The van der Waals surface area contributed by atoms with E-state index in [1.165, 1.54) is 18.5 Å². The predicted octanol–water partition coefficient (Wildman–Crippen LogP) is 0.706. The molecule has 1 rings (SSSR count). The Hall–Kier alpha value is -1.98. The summed E-state index contributed by atoms with van der Waals surface area (Å²) in [4.78, 5) is 22.4. The predicted molar refractivity (Wildman–Crippen MR) is 60.4 cm³/mol. The van der Waals surface area contributed by atoms with Crippen molar-refractivity contribution in [2.45, 2.75) is 26.3 Å². The van der Waals surface area contributed by atoms with Crippen LogP contribution in [-0.4, -0.2) is 33.2 Å². The van der Waals surface area contributed by atoms with Gasteiger partial charge in [0.05, 0.1) is 24.4 Å². The van der Waals surface area contributed by atoms with Gasteiger partial charge in [0.1, 0.15) is 0 Å². The molecule has 0 aromatic carbocycles. The van der Waals surface area contributed by atoms with E-state index in [0.717, 1.165) is 0 Å². The van der Waals surface area contributed by atoms with E-state index in [-0.39, 0.29) is 18.2 Å². The number of aromatic nitrogens is 2. The normalized spacial score (nSPS) is 12.2. The van der Waals surface area contributed by atoms with Crippen LogP contribution in [0.1, 0.15) is 30.6 Å². The number of nitrogens with zero attached hydrogens (tertiary/aromatic N) is 2. The number of carbonyl (C=O) groups excluding carboxylic acids is 1. The molecule has 0 aliphatic rings. The van der Waals surface area contributed by atoms with Gasteiger partial charge in [0.2, 0.25) is 0 Å². The molecular formula is C11H15N3O3. The average Bonchev–Trinajstić information content (AvgIpc) is 2.28. The van der Waals surface area contributed by atoms with Crippen LogP contribution in [0.3, 0.4) is 0 Å². The van der Waals surface area contributed by atoms with Crippen LogP contribution in [0.4, 0.5) is 0 Å². The van der Waals surface area contributed by atoms with Crippen molar-refractivity contribution >= 4 is 11.9 Å². The van der Waals surface area contributed by atoms with Crippen LogP contribution >= 0.6 is 0 Å².